The first-order valence-electron chi connectivity index (χ1n) is 6.00. The van der Waals surface area contributed by atoms with Crippen molar-refractivity contribution in [1.29, 1.82) is 0 Å². The molecule has 1 saturated carbocycles. The van der Waals surface area contributed by atoms with E-state index < -0.39 is 0 Å². The summed E-state index contributed by atoms with van der Waals surface area (Å²) in [6.07, 6.45) is 5.87. The minimum absolute atomic E-state index is 0.000798. The molecule has 0 N–H and O–H groups in total. The third kappa shape index (κ3) is 2.08. The SMILES string of the molecule is O=C1C2=CC=C(c3cccc(Cl)c3)CC2CC1Br. The summed E-state index contributed by atoms with van der Waals surface area (Å²) in [4.78, 5) is 11.9. The van der Waals surface area contributed by atoms with Gasteiger partial charge in [-0.25, -0.2) is 0 Å². The Hall–Kier alpha value is -0.860. The Morgan fingerprint density at radius 2 is 2.11 bits per heavy atom. The predicted octanol–water partition coefficient (Wildman–Crippen LogP) is 4.41. The van der Waals surface area contributed by atoms with Crippen molar-refractivity contribution >= 4 is 38.9 Å². The fourth-order valence-electron chi connectivity index (χ4n) is 2.70. The molecule has 92 valence electrons. The largest absolute Gasteiger partial charge is 0.293 e. The van der Waals surface area contributed by atoms with E-state index in [4.69, 9.17) is 11.6 Å². The van der Waals surface area contributed by atoms with Crippen molar-refractivity contribution in [3.8, 4) is 0 Å². The monoisotopic (exact) mass is 322 g/mol. The van der Waals surface area contributed by atoms with Gasteiger partial charge in [0, 0.05) is 5.02 Å². The molecule has 2 unspecified atom stereocenters. The minimum atomic E-state index is 0.000798. The molecular formula is C15H12BrClO. The number of hydrogen-bond acceptors (Lipinski definition) is 1. The zero-order chi connectivity index (χ0) is 12.7. The third-order valence-electron chi connectivity index (χ3n) is 3.63. The summed E-state index contributed by atoms with van der Waals surface area (Å²) in [6, 6.07) is 7.89. The molecule has 0 radical (unpaired) electrons. The van der Waals surface area contributed by atoms with Crippen LogP contribution in [0, 0.1) is 5.92 Å². The highest BCUT2D eigenvalue weighted by atomic mass is 79.9. The number of rotatable bonds is 1. The van der Waals surface area contributed by atoms with E-state index in [-0.39, 0.29) is 10.6 Å². The molecule has 0 aromatic heterocycles. The van der Waals surface area contributed by atoms with Gasteiger partial charge in [-0.1, -0.05) is 51.8 Å². The average molecular weight is 324 g/mol. The Morgan fingerprint density at radius 1 is 1.28 bits per heavy atom. The van der Waals surface area contributed by atoms with Crippen molar-refractivity contribution in [2.24, 2.45) is 5.92 Å². The number of halogens is 2. The zero-order valence-corrected chi connectivity index (χ0v) is 12.0. The molecule has 18 heavy (non-hydrogen) atoms. The molecule has 0 amide bonds. The fourth-order valence-corrected chi connectivity index (χ4v) is 3.61. The Kier molecular flexibility index (Phi) is 3.16. The smallest absolute Gasteiger partial charge is 0.172 e. The van der Waals surface area contributed by atoms with Gasteiger partial charge in [0.05, 0.1) is 4.83 Å². The first kappa shape index (κ1) is 12.2. The van der Waals surface area contributed by atoms with Crippen LogP contribution in [-0.2, 0) is 4.79 Å². The summed E-state index contributed by atoms with van der Waals surface area (Å²) >= 11 is 9.46. The van der Waals surface area contributed by atoms with Crippen molar-refractivity contribution in [2.75, 3.05) is 0 Å². The van der Waals surface area contributed by atoms with Crippen molar-refractivity contribution in [3.05, 3.63) is 52.6 Å². The molecule has 0 aliphatic heterocycles. The summed E-state index contributed by atoms with van der Waals surface area (Å²) in [5, 5.41) is 0.754. The lowest BCUT2D eigenvalue weighted by Crippen LogP contribution is -2.07. The Morgan fingerprint density at radius 3 is 2.89 bits per heavy atom. The number of alkyl halides is 1. The Balaban J connectivity index is 1.93. The van der Waals surface area contributed by atoms with Crippen LogP contribution in [0.1, 0.15) is 18.4 Å². The van der Waals surface area contributed by atoms with Gasteiger partial charge in [0.15, 0.2) is 5.78 Å². The van der Waals surface area contributed by atoms with E-state index in [0.29, 0.717) is 5.92 Å². The van der Waals surface area contributed by atoms with E-state index in [9.17, 15) is 4.79 Å². The van der Waals surface area contributed by atoms with Crippen LogP contribution in [0.5, 0.6) is 0 Å². The maximum atomic E-state index is 11.9. The first-order chi connectivity index (χ1) is 8.65. The average Bonchev–Trinajstić information content (AvgIpc) is 2.65. The zero-order valence-electron chi connectivity index (χ0n) is 9.70. The second-order valence-corrected chi connectivity index (χ2v) is 6.33. The minimum Gasteiger partial charge on any atom is -0.293 e. The van der Waals surface area contributed by atoms with E-state index in [1.807, 2.05) is 24.3 Å². The van der Waals surface area contributed by atoms with Crippen LogP contribution in [0.25, 0.3) is 5.57 Å². The number of ketones is 1. The van der Waals surface area contributed by atoms with E-state index in [1.165, 1.54) is 5.57 Å². The molecule has 0 spiro atoms. The number of fused-ring (bicyclic) bond motifs is 1. The van der Waals surface area contributed by atoms with Crippen LogP contribution >= 0.6 is 27.5 Å². The number of benzene rings is 1. The van der Waals surface area contributed by atoms with Crippen molar-refractivity contribution in [1.82, 2.24) is 0 Å². The first-order valence-corrected chi connectivity index (χ1v) is 7.29. The second-order valence-electron chi connectivity index (χ2n) is 4.79. The topological polar surface area (TPSA) is 17.1 Å². The van der Waals surface area contributed by atoms with Crippen LogP contribution in [0.2, 0.25) is 5.02 Å². The number of carbonyl (C=O) groups excluding carboxylic acids is 1. The van der Waals surface area contributed by atoms with E-state index >= 15 is 0 Å². The lowest BCUT2D eigenvalue weighted by Gasteiger charge is -2.18. The van der Waals surface area contributed by atoms with Gasteiger partial charge in [0.1, 0.15) is 0 Å². The second kappa shape index (κ2) is 4.67. The van der Waals surface area contributed by atoms with E-state index in [1.54, 1.807) is 0 Å². The summed E-state index contributed by atoms with van der Waals surface area (Å²) in [6.45, 7) is 0. The molecule has 0 bridgehead atoms. The van der Waals surface area contributed by atoms with Crippen LogP contribution < -0.4 is 0 Å². The fraction of sp³-hybridized carbons (Fsp3) is 0.267. The maximum Gasteiger partial charge on any atom is 0.172 e. The quantitative estimate of drug-likeness (QED) is 0.700. The number of Topliss-reactive ketones (excluding diaryl/α,β-unsaturated/α-hetero) is 1. The number of allylic oxidation sites excluding steroid dienone is 4. The molecule has 2 aliphatic carbocycles. The van der Waals surface area contributed by atoms with Gasteiger partial charge in [0.25, 0.3) is 0 Å². The molecule has 3 rings (SSSR count). The molecule has 1 fully saturated rings. The molecule has 2 atom stereocenters. The molecular weight excluding hydrogens is 312 g/mol. The Bertz CT molecular complexity index is 574. The maximum absolute atomic E-state index is 11.9. The molecule has 3 heteroatoms. The molecule has 1 aromatic carbocycles. The van der Waals surface area contributed by atoms with Gasteiger partial charge in [-0.05, 0) is 47.6 Å². The normalized spacial score (nSPS) is 26.7. The van der Waals surface area contributed by atoms with Gasteiger partial charge in [-0.3, -0.25) is 4.79 Å². The highest BCUT2D eigenvalue weighted by Gasteiger charge is 2.37. The van der Waals surface area contributed by atoms with Gasteiger partial charge >= 0.3 is 0 Å². The summed E-state index contributed by atoms with van der Waals surface area (Å²) in [5.41, 5.74) is 3.39. The van der Waals surface area contributed by atoms with Crippen LogP contribution in [-0.4, -0.2) is 10.6 Å². The van der Waals surface area contributed by atoms with Crippen LogP contribution in [0.4, 0.5) is 0 Å². The van der Waals surface area contributed by atoms with Gasteiger partial charge in [-0.15, -0.1) is 0 Å². The van der Waals surface area contributed by atoms with Gasteiger partial charge in [0.2, 0.25) is 0 Å². The van der Waals surface area contributed by atoms with Crippen molar-refractivity contribution in [2.45, 2.75) is 17.7 Å². The standard InChI is InChI=1S/C15H12BrClO/c16-14-8-11-6-10(4-5-13(11)15(14)18)9-2-1-3-12(17)7-9/h1-5,7,11,14H,6,8H2. The van der Waals surface area contributed by atoms with Gasteiger partial charge in [-0.2, -0.15) is 0 Å². The van der Waals surface area contributed by atoms with Crippen LogP contribution in [0.15, 0.2) is 42.0 Å². The lowest BCUT2D eigenvalue weighted by molar-refractivity contribution is -0.114. The molecule has 0 saturated heterocycles. The van der Waals surface area contributed by atoms with E-state index in [0.717, 1.165) is 29.0 Å². The third-order valence-corrected chi connectivity index (χ3v) is 4.65. The Labute approximate surface area is 120 Å². The lowest BCUT2D eigenvalue weighted by atomic mass is 9.86. The summed E-state index contributed by atoms with van der Waals surface area (Å²) in [5.74, 6) is 0.613. The van der Waals surface area contributed by atoms with Crippen LogP contribution in [0.3, 0.4) is 0 Å². The van der Waals surface area contributed by atoms with Crippen molar-refractivity contribution < 1.29 is 4.79 Å². The predicted molar refractivity (Wildman–Crippen MR) is 78.0 cm³/mol. The molecule has 0 heterocycles. The molecule has 1 aromatic rings. The summed E-state index contributed by atoms with van der Waals surface area (Å²) in [7, 11) is 0. The van der Waals surface area contributed by atoms with Gasteiger partial charge < -0.3 is 0 Å². The highest BCUT2D eigenvalue weighted by Crippen LogP contribution is 2.41. The molecule has 1 nitrogen and oxygen atoms in total. The number of hydrogen-bond donors (Lipinski definition) is 0. The number of carbonyl (C=O) groups is 1. The van der Waals surface area contributed by atoms with Crippen molar-refractivity contribution in [3.63, 3.8) is 0 Å². The van der Waals surface area contributed by atoms with E-state index in [2.05, 4.69) is 28.1 Å². The highest BCUT2D eigenvalue weighted by molar-refractivity contribution is 9.10. The molecule has 2 aliphatic rings. The summed E-state index contributed by atoms with van der Waals surface area (Å²) < 4.78 is 0.